The molecule has 0 aromatic heterocycles. The van der Waals surface area contributed by atoms with Crippen molar-refractivity contribution in [3.63, 3.8) is 0 Å². The van der Waals surface area contributed by atoms with Crippen LogP contribution in [0.3, 0.4) is 0 Å². The van der Waals surface area contributed by atoms with E-state index in [9.17, 15) is 9.59 Å². The third kappa shape index (κ3) is 4.70. The van der Waals surface area contributed by atoms with Gasteiger partial charge in [-0.2, -0.15) is 0 Å². The van der Waals surface area contributed by atoms with Crippen molar-refractivity contribution in [2.24, 2.45) is 17.3 Å². The van der Waals surface area contributed by atoms with Gasteiger partial charge in [0.25, 0.3) is 0 Å². The average molecular weight is 296 g/mol. The van der Waals surface area contributed by atoms with E-state index in [0.29, 0.717) is 19.5 Å². The number of likely N-dealkylation sites (tertiary alicyclic amines) is 1. The SMILES string of the molecule is CC(C)(CCO)CNC(=O)C1CCCN(C(=O)C2CC2)C1. The van der Waals surface area contributed by atoms with Gasteiger partial charge in [0, 0.05) is 32.2 Å². The molecule has 0 aromatic rings. The van der Waals surface area contributed by atoms with Gasteiger partial charge in [0.1, 0.15) is 0 Å². The molecule has 0 bridgehead atoms. The summed E-state index contributed by atoms with van der Waals surface area (Å²) in [5.74, 6) is 0.448. The Morgan fingerprint density at radius 3 is 2.57 bits per heavy atom. The molecule has 5 nitrogen and oxygen atoms in total. The summed E-state index contributed by atoms with van der Waals surface area (Å²) in [6.45, 7) is 6.15. The number of aliphatic hydroxyl groups is 1. The zero-order valence-corrected chi connectivity index (χ0v) is 13.2. The predicted molar refractivity (Wildman–Crippen MR) is 80.5 cm³/mol. The maximum atomic E-state index is 12.3. The molecule has 1 aliphatic carbocycles. The Kier molecular flexibility index (Phi) is 5.25. The van der Waals surface area contributed by atoms with E-state index in [1.165, 1.54) is 0 Å². The first-order valence-corrected chi connectivity index (χ1v) is 8.10. The molecule has 1 aliphatic heterocycles. The molecular weight excluding hydrogens is 268 g/mol. The van der Waals surface area contributed by atoms with Crippen molar-refractivity contribution in [2.75, 3.05) is 26.2 Å². The Bertz CT molecular complexity index is 391. The van der Waals surface area contributed by atoms with E-state index in [2.05, 4.69) is 5.32 Å². The topological polar surface area (TPSA) is 69.6 Å². The van der Waals surface area contributed by atoms with Gasteiger partial charge in [0.15, 0.2) is 0 Å². The van der Waals surface area contributed by atoms with Crippen LogP contribution in [-0.2, 0) is 9.59 Å². The van der Waals surface area contributed by atoms with Crippen LogP contribution >= 0.6 is 0 Å². The molecule has 1 saturated heterocycles. The fraction of sp³-hybridized carbons (Fsp3) is 0.875. The van der Waals surface area contributed by atoms with Crippen LogP contribution in [0.4, 0.5) is 0 Å². The summed E-state index contributed by atoms with van der Waals surface area (Å²) in [6, 6.07) is 0. The van der Waals surface area contributed by atoms with E-state index in [1.54, 1.807) is 0 Å². The largest absolute Gasteiger partial charge is 0.396 e. The molecule has 5 heteroatoms. The molecular formula is C16H28N2O3. The minimum Gasteiger partial charge on any atom is -0.396 e. The fourth-order valence-electron chi connectivity index (χ4n) is 2.84. The Balaban J connectivity index is 1.80. The molecule has 1 heterocycles. The van der Waals surface area contributed by atoms with E-state index in [0.717, 1.165) is 32.2 Å². The quantitative estimate of drug-likeness (QED) is 0.773. The molecule has 1 atom stereocenters. The summed E-state index contributed by atoms with van der Waals surface area (Å²) in [5, 5.41) is 12.0. The minimum absolute atomic E-state index is 0.0503. The zero-order valence-electron chi connectivity index (χ0n) is 13.2. The lowest BCUT2D eigenvalue weighted by Crippen LogP contribution is -2.47. The van der Waals surface area contributed by atoms with Crippen molar-refractivity contribution in [3.05, 3.63) is 0 Å². The summed E-state index contributed by atoms with van der Waals surface area (Å²) in [4.78, 5) is 26.3. The van der Waals surface area contributed by atoms with Crippen LogP contribution in [0.15, 0.2) is 0 Å². The number of carbonyl (C=O) groups excluding carboxylic acids is 2. The second-order valence-corrected chi connectivity index (χ2v) is 7.25. The van der Waals surface area contributed by atoms with Gasteiger partial charge in [0.2, 0.25) is 11.8 Å². The molecule has 2 amide bonds. The van der Waals surface area contributed by atoms with Crippen molar-refractivity contribution < 1.29 is 14.7 Å². The number of nitrogens with zero attached hydrogens (tertiary/aromatic N) is 1. The van der Waals surface area contributed by atoms with Gasteiger partial charge in [-0.1, -0.05) is 13.8 Å². The van der Waals surface area contributed by atoms with Crippen LogP contribution in [0.2, 0.25) is 0 Å². The Hall–Kier alpha value is -1.10. The smallest absolute Gasteiger partial charge is 0.225 e. The highest BCUT2D eigenvalue weighted by Crippen LogP contribution is 2.32. The van der Waals surface area contributed by atoms with Crippen LogP contribution in [0, 0.1) is 17.3 Å². The molecule has 120 valence electrons. The molecule has 2 aliphatic rings. The van der Waals surface area contributed by atoms with Crippen molar-refractivity contribution in [2.45, 2.75) is 46.0 Å². The summed E-state index contributed by atoms with van der Waals surface area (Å²) in [7, 11) is 0. The number of hydrogen-bond acceptors (Lipinski definition) is 3. The normalized spacial score (nSPS) is 23.0. The lowest BCUT2D eigenvalue weighted by Gasteiger charge is -2.33. The highest BCUT2D eigenvalue weighted by Gasteiger charge is 2.36. The van der Waals surface area contributed by atoms with E-state index in [4.69, 9.17) is 5.11 Å². The van der Waals surface area contributed by atoms with Gasteiger partial charge in [0.05, 0.1) is 5.92 Å². The number of rotatable bonds is 6. The predicted octanol–water partition coefficient (Wildman–Crippen LogP) is 1.16. The van der Waals surface area contributed by atoms with Gasteiger partial charge in [-0.05, 0) is 37.5 Å². The number of amides is 2. The number of piperidine rings is 1. The summed E-state index contributed by atoms with van der Waals surface area (Å²) in [5.41, 5.74) is -0.0946. The van der Waals surface area contributed by atoms with Gasteiger partial charge in [-0.25, -0.2) is 0 Å². The number of nitrogens with one attached hydrogen (secondary N) is 1. The van der Waals surface area contributed by atoms with Gasteiger partial charge < -0.3 is 15.3 Å². The lowest BCUT2D eigenvalue weighted by atomic mass is 9.89. The zero-order chi connectivity index (χ0) is 15.5. The van der Waals surface area contributed by atoms with Crippen LogP contribution in [-0.4, -0.2) is 48.1 Å². The van der Waals surface area contributed by atoms with Gasteiger partial charge in [-0.3, -0.25) is 9.59 Å². The van der Waals surface area contributed by atoms with Crippen LogP contribution in [0.5, 0.6) is 0 Å². The maximum absolute atomic E-state index is 12.3. The first-order chi connectivity index (χ1) is 9.93. The molecule has 2 N–H and O–H groups in total. The molecule has 1 unspecified atom stereocenters. The first-order valence-electron chi connectivity index (χ1n) is 8.10. The van der Waals surface area contributed by atoms with Gasteiger partial charge in [-0.15, -0.1) is 0 Å². The second-order valence-electron chi connectivity index (χ2n) is 7.25. The summed E-state index contributed by atoms with van der Waals surface area (Å²) < 4.78 is 0. The molecule has 21 heavy (non-hydrogen) atoms. The van der Waals surface area contributed by atoms with Crippen molar-refractivity contribution in [3.8, 4) is 0 Å². The molecule has 0 radical (unpaired) electrons. The summed E-state index contributed by atoms with van der Waals surface area (Å²) in [6.07, 6.45) is 4.48. The second kappa shape index (κ2) is 6.77. The Labute approximate surface area is 127 Å². The Morgan fingerprint density at radius 2 is 1.95 bits per heavy atom. The maximum Gasteiger partial charge on any atom is 0.225 e. The highest BCUT2D eigenvalue weighted by molar-refractivity contribution is 5.83. The minimum atomic E-state index is -0.0946. The van der Waals surface area contributed by atoms with Crippen molar-refractivity contribution in [1.82, 2.24) is 10.2 Å². The molecule has 2 fully saturated rings. The Morgan fingerprint density at radius 1 is 1.24 bits per heavy atom. The standard InChI is InChI=1S/C16H28N2O3/c1-16(2,7-9-19)11-17-14(20)13-4-3-8-18(10-13)15(21)12-5-6-12/h12-13,19H,3-11H2,1-2H3,(H,17,20). The number of aliphatic hydroxyl groups excluding tert-OH is 1. The lowest BCUT2D eigenvalue weighted by molar-refractivity contribution is -0.136. The van der Waals surface area contributed by atoms with E-state index < -0.39 is 0 Å². The average Bonchev–Trinajstić information content (AvgIpc) is 3.29. The van der Waals surface area contributed by atoms with E-state index in [1.807, 2.05) is 18.7 Å². The molecule has 0 aromatic carbocycles. The fourth-order valence-corrected chi connectivity index (χ4v) is 2.84. The highest BCUT2D eigenvalue weighted by atomic mass is 16.3. The molecule has 0 spiro atoms. The van der Waals surface area contributed by atoms with E-state index in [-0.39, 0.29) is 35.7 Å². The third-order valence-corrected chi connectivity index (χ3v) is 4.56. The molecule has 1 saturated carbocycles. The number of hydrogen-bond donors (Lipinski definition) is 2. The molecule has 2 rings (SSSR count). The van der Waals surface area contributed by atoms with Crippen molar-refractivity contribution >= 4 is 11.8 Å². The van der Waals surface area contributed by atoms with Crippen LogP contribution < -0.4 is 5.32 Å². The monoisotopic (exact) mass is 296 g/mol. The summed E-state index contributed by atoms with van der Waals surface area (Å²) >= 11 is 0. The van der Waals surface area contributed by atoms with Crippen LogP contribution in [0.25, 0.3) is 0 Å². The van der Waals surface area contributed by atoms with Gasteiger partial charge >= 0.3 is 0 Å². The number of carbonyl (C=O) groups is 2. The van der Waals surface area contributed by atoms with Crippen LogP contribution in [0.1, 0.15) is 46.0 Å². The first kappa shape index (κ1) is 16.3. The third-order valence-electron chi connectivity index (χ3n) is 4.56. The van der Waals surface area contributed by atoms with Crippen molar-refractivity contribution in [1.29, 1.82) is 0 Å². The van der Waals surface area contributed by atoms with E-state index >= 15 is 0 Å².